The first-order valence-corrected chi connectivity index (χ1v) is 14.5. The van der Waals surface area contributed by atoms with Gasteiger partial charge in [0.2, 0.25) is 5.91 Å². The van der Waals surface area contributed by atoms with Gasteiger partial charge in [-0.1, -0.05) is 137 Å². The number of carbonyl (C=O) groups is 2. The molecule has 0 aliphatic heterocycles. The van der Waals surface area contributed by atoms with E-state index in [1.54, 1.807) is 36.4 Å². The van der Waals surface area contributed by atoms with Crippen LogP contribution in [-0.4, -0.2) is 11.8 Å². The lowest BCUT2D eigenvalue weighted by atomic mass is 10.1. The van der Waals surface area contributed by atoms with Gasteiger partial charge in [-0.25, -0.2) is 0 Å². The third kappa shape index (κ3) is 10.9. The third-order valence-corrected chi connectivity index (χ3v) is 6.75. The van der Waals surface area contributed by atoms with Crippen molar-refractivity contribution >= 4 is 57.4 Å². The highest BCUT2D eigenvalue weighted by molar-refractivity contribution is 14.0. The van der Waals surface area contributed by atoms with Gasteiger partial charge in [-0.2, -0.15) is 0 Å². The molecule has 4 nitrogen and oxygen atoms in total. The first-order valence-electron chi connectivity index (χ1n) is 13.7. The fourth-order valence-corrected chi connectivity index (χ4v) is 4.50. The molecule has 3 N–H and O–H groups in total. The van der Waals surface area contributed by atoms with Gasteiger partial charge in [0.15, 0.2) is 0 Å². The van der Waals surface area contributed by atoms with E-state index in [1.807, 2.05) is 84.9 Å². The van der Waals surface area contributed by atoms with Crippen LogP contribution in [0.4, 0.5) is 5.69 Å². The number of hydrogen-bond donors (Lipinski definition) is 2. The number of nitrogens with one attached hydrogen (secondary N) is 1. The Kier molecular flexibility index (Phi) is 14.1. The van der Waals surface area contributed by atoms with Crippen molar-refractivity contribution in [3.05, 3.63) is 185 Å². The summed E-state index contributed by atoms with van der Waals surface area (Å²) in [5.41, 5.74) is 11.7. The molecule has 220 valence electrons. The monoisotopic (exact) mass is 754 g/mol. The van der Waals surface area contributed by atoms with E-state index in [0.29, 0.717) is 11.1 Å². The van der Waals surface area contributed by atoms with Gasteiger partial charge in [-0.3, -0.25) is 9.59 Å². The maximum atomic E-state index is 12.2. The topological polar surface area (TPSA) is 72.2 Å². The first-order chi connectivity index (χ1) is 21.0. The van der Waals surface area contributed by atoms with Crippen molar-refractivity contribution in [1.29, 1.82) is 0 Å². The standard InChI is InChI=1S/C19H15NO.C12H9Br.C7H7NO.HI/c21-19(16-10-5-2-6-11-16)20-18-13-7-12-17(14-18)15-8-3-1-4-9-15;13-12-8-4-7-11(9-12)10-5-2-1-3-6-10;8-7(9)6-4-2-1-3-5-6;/h1-14H,(H,20,21);1-9H;1-5H,(H2,8,9);1H. The Labute approximate surface area is 284 Å². The molecule has 0 radical (unpaired) electrons. The average molecular weight is 755 g/mol. The van der Waals surface area contributed by atoms with Crippen LogP contribution in [0.2, 0.25) is 0 Å². The van der Waals surface area contributed by atoms with Crippen LogP contribution >= 0.6 is 39.9 Å². The number of halogens is 2. The minimum absolute atomic E-state index is 0. The van der Waals surface area contributed by atoms with Crippen LogP contribution < -0.4 is 11.1 Å². The van der Waals surface area contributed by atoms with Gasteiger partial charge in [-0.15, -0.1) is 24.0 Å². The van der Waals surface area contributed by atoms with Gasteiger partial charge in [0.25, 0.3) is 5.91 Å². The number of rotatable bonds is 5. The molecule has 0 aliphatic rings. The van der Waals surface area contributed by atoms with Crippen LogP contribution in [0.5, 0.6) is 0 Å². The minimum atomic E-state index is -0.379. The summed E-state index contributed by atoms with van der Waals surface area (Å²) in [5, 5.41) is 2.93. The zero-order chi connectivity index (χ0) is 30.3. The van der Waals surface area contributed by atoms with E-state index in [-0.39, 0.29) is 35.8 Å². The summed E-state index contributed by atoms with van der Waals surface area (Å²) in [6.45, 7) is 0. The van der Waals surface area contributed by atoms with E-state index < -0.39 is 0 Å². The second-order valence-corrected chi connectivity index (χ2v) is 10.3. The molecule has 0 aliphatic carbocycles. The number of anilines is 1. The average Bonchev–Trinajstić information content (AvgIpc) is 3.07. The predicted octanol–water partition coefficient (Wildman–Crippen LogP) is 10.1. The normalized spacial score (nSPS) is 9.57. The van der Waals surface area contributed by atoms with Gasteiger partial charge in [0, 0.05) is 21.3 Å². The lowest BCUT2D eigenvalue weighted by Crippen LogP contribution is -2.11. The highest BCUT2D eigenvalue weighted by atomic mass is 127. The maximum absolute atomic E-state index is 12.2. The Bertz CT molecular complexity index is 1730. The molecule has 0 atom stereocenters. The van der Waals surface area contributed by atoms with Crippen LogP contribution in [0.3, 0.4) is 0 Å². The van der Waals surface area contributed by atoms with E-state index in [2.05, 4.69) is 69.8 Å². The van der Waals surface area contributed by atoms with Crippen molar-refractivity contribution in [2.75, 3.05) is 5.32 Å². The molecule has 44 heavy (non-hydrogen) atoms. The van der Waals surface area contributed by atoms with Gasteiger partial charge in [0.1, 0.15) is 0 Å². The second kappa shape index (κ2) is 18.2. The number of nitrogens with two attached hydrogens (primary N) is 1. The van der Waals surface area contributed by atoms with Gasteiger partial charge >= 0.3 is 0 Å². The molecule has 2 amide bonds. The minimum Gasteiger partial charge on any atom is -0.366 e. The summed E-state index contributed by atoms with van der Waals surface area (Å²) < 4.78 is 1.12. The molecular weight excluding hydrogens is 723 g/mol. The zero-order valence-electron chi connectivity index (χ0n) is 23.8. The van der Waals surface area contributed by atoms with Crippen molar-refractivity contribution in [3.8, 4) is 22.3 Å². The summed E-state index contributed by atoms with van der Waals surface area (Å²) in [7, 11) is 0. The zero-order valence-corrected chi connectivity index (χ0v) is 27.8. The molecule has 6 heteroatoms. The second-order valence-electron chi connectivity index (χ2n) is 9.37. The van der Waals surface area contributed by atoms with Crippen LogP contribution in [0.1, 0.15) is 20.7 Å². The van der Waals surface area contributed by atoms with E-state index in [9.17, 15) is 9.59 Å². The fraction of sp³-hybridized carbons (Fsp3) is 0. The molecule has 0 aromatic heterocycles. The van der Waals surface area contributed by atoms with Crippen LogP contribution in [0.25, 0.3) is 22.3 Å². The summed E-state index contributed by atoms with van der Waals surface area (Å²) in [5.74, 6) is -0.476. The van der Waals surface area contributed by atoms with Gasteiger partial charge in [0.05, 0.1) is 0 Å². The van der Waals surface area contributed by atoms with E-state index in [0.717, 1.165) is 21.3 Å². The molecule has 0 spiro atoms. The Morgan fingerprint density at radius 1 is 0.477 bits per heavy atom. The Balaban J connectivity index is 0.000000197. The smallest absolute Gasteiger partial charge is 0.255 e. The predicted molar refractivity (Wildman–Crippen MR) is 196 cm³/mol. The molecule has 6 rings (SSSR count). The fourth-order valence-electron chi connectivity index (χ4n) is 4.10. The Morgan fingerprint density at radius 3 is 1.34 bits per heavy atom. The SMILES string of the molecule is Brc1cccc(-c2ccccc2)c1.I.NC(=O)c1ccccc1.O=C(Nc1cccc(-c2ccccc2)c1)c1ccccc1. The van der Waals surface area contributed by atoms with E-state index in [4.69, 9.17) is 5.73 Å². The number of hydrogen-bond acceptors (Lipinski definition) is 2. The molecule has 6 aromatic rings. The molecule has 0 saturated heterocycles. The summed E-state index contributed by atoms with van der Waals surface area (Å²) in [6, 6.07) is 54.6. The van der Waals surface area contributed by atoms with Crippen LogP contribution in [-0.2, 0) is 0 Å². The van der Waals surface area contributed by atoms with E-state index >= 15 is 0 Å². The van der Waals surface area contributed by atoms with Crippen molar-refractivity contribution < 1.29 is 9.59 Å². The molecule has 0 saturated carbocycles. The van der Waals surface area contributed by atoms with Gasteiger partial charge in [-0.05, 0) is 70.8 Å². The lowest BCUT2D eigenvalue weighted by molar-refractivity contribution is 0.0997. The lowest BCUT2D eigenvalue weighted by Gasteiger charge is -2.08. The van der Waals surface area contributed by atoms with Gasteiger partial charge < -0.3 is 11.1 Å². The number of amides is 2. The molecule has 0 fully saturated rings. The first kappa shape index (κ1) is 34.0. The summed E-state index contributed by atoms with van der Waals surface area (Å²) in [4.78, 5) is 22.6. The number of benzene rings is 6. The Hall–Kier alpha value is -4.53. The third-order valence-electron chi connectivity index (χ3n) is 6.25. The van der Waals surface area contributed by atoms with Crippen molar-refractivity contribution in [2.45, 2.75) is 0 Å². The maximum Gasteiger partial charge on any atom is 0.255 e. The molecular formula is C38H32BrIN2O2. The molecule has 0 unspecified atom stereocenters. The highest BCUT2D eigenvalue weighted by Gasteiger charge is 2.06. The summed E-state index contributed by atoms with van der Waals surface area (Å²) in [6.07, 6.45) is 0. The molecule has 0 heterocycles. The highest BCUT2D eigenvalue weighted by Crippen LogP contribution is 2.23. The molecule has 0 bridgehead atoms. The Morgan fingerprint density at radius 2 is 0.886 bits per heavy atom. The van der Waals surface area contributed by atoms with Crippen molar-refractivity contribution in [2.24, 2.45) is 5.73 Å². The summed E-state index contributed by atoms with van der Waals surface area (Å²) >= 11 is 3.46. The number of carbonyl (C=O) groups excluding carboxylic acids is 2. The van der Waals surface area contributed by atoms with Crippen molar-refractivity contribution in [1.82, 2.24) is 0 Å². The quantitative estimate of drug-likeness (QED) is 0.172. The molecule has 6 aromatic carbocycles. The number of primary amides is 1. The largest absolute Gasteiger partial charge is 0.366 e. The van der Waals surface area contributed by atoms with Crippen molar-refractivity contribution in [3.63, 3.8) is 0 Å². The van der Waals surface area contributed by atoms with Crippen LogP contribution in [0.15, 0.2) is 174 Å². The van der Waals surface area contributed by atoms with E-state index in [1.165, 1.54) is 11.1 Å². The van der Waals surface area contributed by atoms with Crippen LogP contribution in [0, 0.1) is 0 Å².